The second-order valence-electron chi connectivity index (χ2n) is 5.72. The molecule has 0 aliphatic carbocycles. The number of nitrogens with one attached hydrogen (secondary N) is 1. The topological polar surface area (TPSA) is 42.0 Å². The van der Waals surface area contributed by atoms with Gasteiger partial charge in [-0.25, -0.2) is 4.98 Å². The smallest absolute Gasteiger partial charge is 0.263 e. The minimum Gasteiger partial charge on any atom is -0.350 e. The van der Waals surface area contributed by atoms with Gasteiger partial charge >= 0.3 is 0 Å². The molecule has 0 aliphatic rings. The van der Waals surface area contributed by atoms with Gasteiger partial charge in [-0.2, -0.15) is 0 Å². The van der Waals surface area contributed by atoms with Crippen molar-refractivity contribution in [2.75, 3.05) is 6.54 Å². The monoisotopic (exact) mass is 332 g/mol. The van der Waals surface area contributed by atoms with Gasteiger partial charge in [-0.15, -0.1) is 11.3 Å². The highest BCUT2D eigenvalue weighted by Gasteiger charge is 2.18. The van der Waals surface area contributed by atoms with Gasteiger partial charge in [-0.1, -0.05) is 36.7 Å². The highest BCUT2D eigenvalue weighted by atomic mass is 79.9. The van der Waals surface area contributed by atoms with E-state index in [1.165, 1.54) is 11.3 Å². The van der Waals surface area contributed by atoms with E-state index in [4.69, 9.17) is 0 Å². The molecule has 1 heterocycles. The van der Waals surface area contributed by atoms with Crippen molar-refractivity contribution in [1.82, 2.24) is 10.3 Å². The summed E-state index contributed by atoms with van der Waals surface area (Å²) in [5.74, 6) is -0.0172. The van der Waals surface area contributed by atoms with Crippen LogP contribution in [0.5, 0.6) is 0 Å². The first kappa shape index (κ1) is 15.6. The van der Waals surface area contributed by atoms with Gasteiger partial charge in [0.2, 0.25) is 0 Å². The second kappa shape index (κ2) is 6.15. The third-order valence-corrected chi connectivity index (χ3v) is 4.15. The lowest BCUT2D eigenvalue weighted by molar-refractivity contribution is 0.0955. The Morgan fingerprint density at radius 3 is 2.50 bits per heavy atom. The maximum Gasteiger partial charge on any atom is 0.263 e. The predicted molar refractivity (Wildman–Crippen MR) is 80.7 cm³/mol. The van der Waals surface area contributed by atoms with Crippen molar-refractivity contribution in [2.45, 2.75) is 45.9 Å². The standard InChI is InChI=1S/C13H21BrN2OS/c1-8-11(18-9(2)16-8)12(17)15-7-10(14)6-13(3,4)5/h10H,6-7H2,1-5H3,(H,15,17). The van der Waals surface area contributed by atoms with Crippen molar-refractivity contribution in [1.29, 1.82) is 0 Å². The molecule has 0 saturated carbocycles. The van der Waals surface area contributed by atoms with Crippen LogP contribution in [0.3, 0.4) is 0 Å². The number of aryl methyl sites for hydroxylation is 2. The van der Waals surface area contributed by atoms with Gasteiger partial charge in [0, 0.05) is 11.4 Å². The lowest BCUT2D eigenvalue weighted by Gasteiger charge is -2.22. The second-order valence-corrected chi connectivity index (χ2v) is 8.22. The summed E-state index contributed by atoms with van der Waals surface area (Å²) in [5.41, 5.74) is 1.08. The molecule has 1 atom stereocenters. The lowest BCUT2D eigenvalue weighted by atomic mass is 9.90. The summed E-state index contributed by atoms with van der Waals surface area (Å²) in [5, 5.41) is 3.89. The number of hydrogen-bond acceptors (Lipinski definition) is 3. The fourth-order valence-corrected chi connectivity index (χ4v) is 3.73. The molecular formula is C13H21BrN2OS. The zero-order chi connectivity index (χ0) is 13.9. The molecule has 1 unspecified atom stereocenters. The van der Waals surface area contributed by atoms with Crippen LogP contribution in [0.15, 0.2) is 0 Å². The maximum absolute atomic E-state index is 12.0. The fourth-order valence-electron chi connectivity index (χ4n) is 1.76. The molecule has 3 nitrogen and oxygen atoms in total. The first-order chi connectivity index (χ1) is 8.19. The molecule has 0 spiro atoms. The molecule has 5 heteroatoms. The molecule has 0 fully saturated rings. The molecule has 102 valence electrons. The number of alkyl halides is 1. The number of nitrogens with zero attached hydrogens (tertiary/aromatic N) is 1. The number of aromatic nitrogens is 1. The number of hydrogen-bond donors (Lipinski definition) is 1. The highest BCUT2D eigenvalue weighted by molar-refractivity contribution is 9.09. The fraction of sp³-hybridized carbons (Fsp3) is 0.692. The van der Waals surface area contributed by atoms with Crippen LogP contribution in [0.4, 0.5) is 0 Å². The zero-order valence-electron chi connectivity index (χ0n) is 11.6. The molecule has 1 rings (SSSR count). The Labute approximate surface area is 122 Å². The number of rotatable bonds is 4. The van der Waals surface area contributed by atoms with Crippen LogP contribution in [0, 0.1) is 19.3 Å². The van der Waals surface area contributed by atoms with Crippen molar-refractivity contribution >= 4 is 33.2 Å². The average Bonchev–Trinajstić information content (AvgIpc) is 2.52. The Morgan fingerprint density at radius 2 is 2.06 bits per heavy atom. The van der Waals surface area contributed by atoms with Crippen LogP contribution in [-0.4, -0.2) is 22.3 Å². The molecule has 18 heavy (non-hydrogen) atoms. The van der Waals surface area contributed by atoms with E-state index in [9.17, 15) is 4.79 Å². The quantitative estimate of drug-likeness (QED) is 0.854. The first-order valence-electron chi connectivity index (χ1n) is 6.05. The Kier molecular flexibility index (Phi) is 5.34. The summed E-state index contributed by atoms with van der Waals surface area (Å²) in [7, 11) is 0. The van der Waals surface area contributed by atoms with Gasteiger partial charge in [0.15, 0.2) is 0 Å². The predicted octanol–water partition coefficient (Wildman–Crippen LogP) is 3.69. The van der Waals surface area contributed by atoms with E-state index >= 15 is 0 Å². The third kappa shape index (κ3) is 5.06. The highest BCUT2D eigenvalue weighted by Crippen LogP contribution is 2.24. The van der Waals surface area contributed by atoms with E-state index in [1.807, 2.05) is 13.8 Å². The van der Waals surface area contributed by atoms with Crippen molar-refractivity contribution in [3.8, 4) is 0 Å². The molecule has 0 saturated heterocycles. The number of thiazole rings is 1. The van der Waals surface area contributed by atoms with Gasteiger partial charge in [-0.3, -0.25) is 4.79 Å². The average molecular weight is 333 g/mol. The summed E-state index contributed by atoms with van der Waals surface area (Å²) >= 11 is 5.06. The minimum atomic E-state index is -0.0172. The van der Waals surface area contributed by atoms with Gasteiger partial charge in [0.05, 0.1) is 10.7 Å². The molecule has 0 aliphatic heterocycles. The van der Waals surface area contributed by atoms with Crippen LogP contribution < -0.4 is 5.32 Å². The van der Waals surface area contributed by atoms with Crippen LogP contribution in [0.1, 0.15) is 47.6 Å². The van der Waals surface area contributed by atoms with Crippen LogP contribution in [0.25, 0.3) is 0 Å². The Bertz CT molecular complexity index is 423. The summed E-state index contributed by atoms with van der Waals surface area (Å²) in [4.78, 5) is 17.3. The number of carbonyl (C=O) groups is 1. The van der Waals surface area contributed by atoms with Crippen molar-refractivity contribution in [2.24, 2.45) is 5.41 Å². The summed E-state index contributed by atoms with van der Waals surface area (Å²) < 4.78 is 0. The molecule has 1 aromatic rings. The van der Waals surface area contributed by atoms with Crippen molar-refractivity contribution in [3.05, 3.63) is 15.6 Å². The van der Waals surface area contributed by atoms with E-state index in [-0.39, 0.29) is 11.3 Å². The van der Waals surface area contributed by atoms with E-state index in [1.54, 1.807) is 0 Å². The van der Waals surface area contributed by atoms with Gasteiger partial charge in [0.25, 0.3) is 5.91 Å². The lowest BCUT2D eigenvalue weighted by Crippen LogP contribution is -2.31. The van der Waals surface area contributed by atoms with Gasteiger partial charge in [0.1, 0.15) is 4.88 Å². The first-order valence-corrected chi connectivity index (χ1v) is 7.78. The summed E-state index contributed by atoms with van der Waals surface area (Å²) in [6.45, 7) is 11.0. The molecule has 1 amide bonds. The Balaban J connectivity index is 2.49. The third-order valence-electron chi connectivity index (χ3n) is 2.43. The van der Waals surface area contributed by atoms with E-state index < -0.39 is 0 Å². The number of carbonyl (C=O) groups excluding carboxylic acids is 1. The molecule has 1 aromatic heterocycles. The SMILES string of the molecule is Cc1nc(C)c(C(=O)NCC(Br)CC(C)(C)C)s1. The van der Waals surface area contributed by atoms with Crippen molar-refractivity contribution < 1.29 is 4.79 Å². The van der Waals surface area contributed by atoms with Crippen molar-refractivity contribution in [3.63, 3.8) is 0 Å². The largest absolute Gasteiger partial charge is 0.350 e. The van der Waals surface area contributed by atoms with Gasteiger partial charge in [-0.05, 0) is 25.7 Å². The maximum atomic E-state index is 12.0. The molecule has 1 N–H and O–H groups in total. The normalized spacial score (nSPS) is 13.4. The van der Waals surface area contributed by atoms with Crippen LogP contribution in [0.2, 0.25) is 0 Å². The molecular weight excluding hydrogens is 312 g/mol. The number of amides is 1. The summed E-state index contributed by atoms with van der Waals surface area (Å²) in [6, 6.07) is 0. The minimum absolute atomic E-state index is 0.0172. The molecule has 0 bridgehead atoms. The van der Waals surface area contributed by atoms with Crippen LogP contribution in [-0.2, 0) is 0 Å². The van der Waals surface area contributed by atoms with E-state index in [0.717, 1.165) is 22.0 Å². The summed E-state index contributed by atoms with van der Waals surface area (Å²) in [6.07, 6.45) is 1.02. The van der Waals surface area contributed by atoms with E-state index in [0.29, 0.717) is 11.4 Å². The Hall–Kier alpha value is -0.420. The molecule has 0 radical (unpaired) electrons. The number of halogens is 1. The van der Waals surface area contributed by atoms with Gasteiger partial charge < -0.3 is 5.32 Å². The van der Waals surface area contributed by atoms with E-state index in [2.05, 4.69) is 47.0 Å². The van der Waals surface area contributed by atoms with Crippen LogP contribution >= 0.6 is 27.3 Å². The zero-order valence-corrected chi connectivity index (χ0v) is 14.0. The Morgan fingerprint density at radius 1 is 1.44 bits per heavy atom. The molecule has 0 aromatic carbocycles.